The van der Waals surface area contributed by atoms with Crippen molar-refractivity contribution in [1.29, 1.82) is 0 Å². The highest BCUT2D eigenvalue weighted by atomic mass is 31.1. The lowest BCUT2D eigenvalue weighted by atomic mass is 10.4. The first-order valence-electron chi connectivity index (χ1n) is 3.79. The standard InChI is InChI=1S/C7H16NP/c1-3-8-6-4-5-7(8)9-2/h7,9H,3-6H2,1-2H3. The predicted molar refractivity (Wildman–Crippen MR) is 44.5 cm³/mol. The van der Waals surface area contributed by atoms with Gasteiger partial charge in [-0.1, -0.05) is 6.92 Å². The summed E-state index contributed by atoms with van der Waals surface area (Å²) in [5.41, 5.74) is 0. The van der Waals surface area contributed by atoms with Crippen molar-refractivity contribution in [1.82, 2.24) is 4.90 Å². The van der Waals surface area contributed by atoms with Gasteiger partial charge in [0.15, 0.2) is 0 Å². The minimum atomic E-state index is 0.940. The van der Waals surface area contributed by atoms with Crippen molar-refractivity contribution in [2.75, 3.05) is 19.8 Å². The molecule has 1 rings (SSSR count). The van der Waals surface area contributed by atoms with Crippen molar-refractivity contribution in [2.24, 2.45) is 0 Å². The van der Waals surface area contributed by atoms with Crippen molar-refractivity contribution >= 4 is 8.58 Å². The van der Waals surface area contributed by atoms with Crippen LogP contribution < -0.4 is 0 Å². The lowest BCUT2D eigenvalue weighted by molar-refractivity contribution is 0.333. The molecular weight excluding hydrogens is 129 g/mol. The zero-order valence-electron chi connectivity index (χ0n) is 6.35. The van der Waals surface area contributed by atoms with Gasteiger partial charge in [-0.15, -0.1) is 8.58 Å². The molecule has 0 aliphatic carbocycles. The first kappa shape index (κ1) is 7.50. The van der Waals surface area contributed by atoms with E-state index < -0.39 is 0 Å². The number of likely N-dealkylation sites (tertiary alicyclic amines) is 1. The van der Waals surface area contributed by atoms with Crippen LogP contribution in [0.15, 0.2) is 0 Å². The maximum absolute atomic E-state index is 2.60. The molecule has 0 spiro atoms. The maximum Gasteiger partial charge on any atom is 0.0265 e. The Morgan fingerprint density at radius 3 is 2.89 bits per heavy atom. The molecule has 54 valence electrons. The molecule has 2 heteroatoms. The van der Waals surface area contributed by atoms with Gasteiger partial charge in [-0.05, 0) is 32.6 Å². The highest BCUT2D eigenvalue weighted by Crippen LogP contribution is 2.28. The van der Waals surface area contributed by atoms with Gasteiger partial charge in [0.05, 0.1) is 0 Å². The summed E-state index contributed by atoms with van der Waals surface area (Å²) in [7, 11) is 1.12. The van der Waals surface area contributed by atoms with Crippen molar-refractivity contribution < 1.29 is 0 Å². The quantitative estimate of drug-likeness (QED) is 0.535. The average molecular weight is 145 g/mol. The zero-order valence-corrected chi connectivity index (χ0v) is 7.35. The lowest BCUT2D eigenvalue weighted by Gasteiger charge is -2.20. The van der Waals surface area contributed by atoms with Crippen LogP contribution in [0.1, 0.15) is 19.8 Å². The number of hydrogen-bond acceptors (Lipinski definition) is 1. The fraction of sp³-hybridized carbons (Fsp3) is 1.00. The molecule has 0 aromatic rings. The van der Waals surface area contributed by atoms with Gasteiger partial charge in [0.2, 0.25) is 0 Å². The Labute approximate surface area is 59.6 Å². The van der Waals surface area contributed by atoms with Crippen LogP contribution in [0.3, 0.4) is 0 Å². The minimum absolute atomic E-state index is 0.940. The Balaban J connectivity index is 2.32. The summed E-state index contributed by atoms with van der Waals surface area (Å²) in [6.07, 6.45) is 2.88. The highest BCUT2D eigenvalue weighted by molar-refractivity contribution is 7.37. The summed E-state index contributed by atoms with van der Waals surface area (Å²) in [6.45, 7) is 7.19. The molecule has 0 bridgehead atoms. The first-order chi connectivity index (χ1) is 4.38. The van der Waals surface area contributed by atoms with E-state index >= 15 is 0 Å². The van der Waals surface area contributed by atoms with E-state index in [1.807, 2.05) is 0 Å². The van der Waals surface area contributed by atoms with Gasteiger partial charge in [0.25, 0.3) is 0 Å². The number of nitrogens with zero attached hydrogens (tertiary/aromatic N) is 1. The van der Waals surface area contributed by atoms with E-state index in [4.69, 9.17) is 0 Å². The molecule has 2 unspecified atom stereocenters. The van der Waals surface area contributed by atoms with Gasteiger partial charge in [-0.25, -0.2) is 0 Å². The monoisotopic (exact) mass is 145 g/mol. The second-order valence-corrected chi connectivity index (χ2v) is 3.82. The third kappa shape index (κ3) is 1.65. The van der Waals surface area contributed by atoms with E-state index in [0.717, 1.165) is 14.4 Å². The summed E-state index contributed by atoms with van der Waals surface area (Å²) in [5.74, 6) is 0.940. The van der Waals surface area contributed by atoms with Gasteiger partial charge in [0.1, 0.15) is 0 Å². The average Bonchev–Trinajstić information content (AvgIpc) is 2.33. The predicted octanol–water partition coefficient (Wildman–Crippen LogP) is 1.74. The Morgan fingerprint density at radius 2 is 2.44 bits per heavy atom. The third-order valence-corrected chi connectivity index (χ3v) is 3.42. The normalized spacial score (nSPS) is 30.7. The minimum Gasteiger partial charge on any atom is -0.297 e. The molecule has 1 nitrogen and oxygen atoms in total. The Bertz CT molecular complexity index is 75.0. The molecule has 9 heavy (non-hydrogen) atoms. The van der Waals surface area contributed by atoms with Crippen molar-refractivity contribution in [3.05, 3.63) is 0 Å². The molecule has 1 heterocycles. The Hall–Kier alpha value is 0.390. The summed E-state index contributed by atoms with van der Waals surface area (Å²) < 4.78 is 0. The fourth-order valence-electron chi connectivity index (χ4n) is 1.53. The lowest BCUT2D eigenvalue weighted by Crippen LogP contribution is -2.25. The summed E-state index contributed by atoms with van der Waals surface area (Å²) >= 11 is 0. The summed E-state index contributed by atoms with van der Waals surface area (Å²) in [6, 6.07) is 0. The summed E-state index contributed by atoms with van der Waals surface area (Å²) in [4.78, 5) is 2.60. The second-order valence-electron chi connectivity index (χ2n) is 2.58. The van der Waals surface area contributed by atoms with Crippen LogP contribution in [0.4, 0.5) is 0 Å². The molecule has 0 aromatic heterocycles. The molecule has 0 N–H and O–H groups in total. The molecule has 0 aromatic carbocycles. The zero-order chi connectivity index (χ0) is 6.69. The van der Waals surface area contributed by atoms with E-state index in [9.17, 15) is 0 Å². The molecule has 1 aliphatic heterocycles. The smallest absolute Gasteiger partial charge is 0.0265 e. The number of hydrogen-bond donors (Lipinski definition) is 0. The molecule has 1 aliphatic rings. The van der Waals surface area contributed by atoms with Crippen LogP contribution in [0, 0.1) is 0 Å². The van der Waals surface area contributed by atoms with Crippen molar-refractivity contribution in [2.45, 2.75) is 25.5 Å². The summed E-state index contributed by atoms with van der Waals surface area (Å²) in [5, 5.41) is 0. The van der Waals surface area contributed by atoms with Crippen molar-refractivity contribution in [3.8, 4) is 0 Å². The van der Waals surface area contributed by atoms with E-state index in [1.165, 1.54) is 25.9 Å². The highest BCUT2D eigenvalue weighted by Gasteiger charge is 2.20. The third-order valence-electron chi connectivity index (χ3n) is 2.10. The first-order valence-corrected chi connectivity index (χ1v) is 5.37. The largest absolute Gasteiger partial charge is 0.297 e. The molecular formula is C7H16NP. The van der Waals surface area contributed by atoms with Crippen LogP contribution in [0.5, 0.6) is 0 Å². The van der Waals surface area contributed by atoms with E-state index in [-0.39, 0.29) is 0 Å². The van der Waals surface area contributed by atoms with E-state index in [1.54, 1.807) is 0 Å². The molecule has 2 atom stereocenters. The molecule has 0 saturated carbocycles. The maximum atomic E-state index is 2.60. The number of rotatable bonds is 2. The SMILES string of the molecule is CCN1CCCC1PC. The fourth-order valence-corrected chi connectivity index (χ4v) is 2.70. The Kier molecular flexibility index (Phi) is 2.94. The van der Waals surface area contributed by atoms with Crippen LogP contribution in [-0.4, -0.2) is 30.4 Å². The molecule has 1 fully saturated rings. The van der Waals surface area contributed by atoms with Crippen LogP contribution in [0.25, 0.3) is 0 Å². The van der Waals surface area contributed by atoms with Gasteiger partial charge in [-0.3, -0.25) is 4.90 Å². The van der Waals surface area contributed by atoms with Crippen LogP contribution >= 0.6 is 8.58 Å². The van der Waals surface area contributed by atoms with Gasteiger partial charge in [0, 0.05) is 5.78 Å². The van der Waals surface area contributed by atoms with Gasteiger partial charge in [-0.2, -0.15) is 0 Å². The van der Waals surface area contributed by atoms with Crippen molar-refractivity contribution in [3.63, 3.8) is 0 Å². The second kappa shape index (κ2) is 3.53. The molecule has 0 amide bonds. The van der Waals surface area contributed by atoms with E-state index in [2.05, 4.69) is 18.5 Å². The van der Waals surface area contributed by atoms with Gasteiger partial charge >= 0.3 is 0 Å². The van der Waals surface area contributed by atoms with Crippen LogP contribution in [-0.2, 0) is 0 Å². The van der Waals surface area contributed by atoms with Gasteiger partial charge < -0.3 is 0 Å². The Morgan fingerprint density at radius 1 is 1.67 bits per heavy atom. The molecule has 0 radical (unpaired) electrons. The topological polar surface area (TPSA) is 3.24 Å². The van der Waals surface area contributed by atoms with Crippen LogP contribution in [0.2, 0.25) is 0 Å². The van der Waals surface area contributed by atoms with E-state index in [0.29, 0.717) is 0 Å². The molecule has 1 saturated heterocycles.